The van der Waals surface area contributed by atoms with E-state index in [1.54, 1.807) is 0 Å². The third kappa shape index (κ3) is 14.0. The number of unbranched alkanes of at least 4 members (excludes halogenated alkanes) is 7. The molecular weight excluding hydrogens is 310 g/mol. The average Bonchev–Trinajstić information content (AvgIpc) is 2.55. The summed E-state index contributed by atoms with van der Waals surface area (Å²) in [5.74, 6) is -0.861. The van der Waals surface area contributed by atoms with E-state index < -0.39 is 12.0 Å². The Kier molecular flexibility index (Phi) is 15.1. The number of carbonyl (C=O) groups is 3. The van der Waals surface area contributed by atoms with Gasteiger partial charge in [0.1, 0.15) is 6.04 Å². The highest BCUT2D eigenvalue weighted by molar-refractivity contribution is 5.83. The first-order valence-electron chi connectivity index (χ1n) is 9.01. The van der Waals surface area contributed by atoms with Crippen LogP contribution in [0.5, 0.6) is 0 Å². The highest BCUT2D eigenvalue weighted by Gasteiger charge is 2.15. The number of nitrogens with two attached hydrogens (primary N) is 1. The van der Waals surface area contributed by atoms with Gasteiger partial charge in [0, 0.05) is 13.0 Å². The maximum absolute atomic E-state index is 11.9. The summed E-state index contributed by atoms with van der Waals surface area (Å²) in [6, 6.07) is -0.489. The maximum Gasteiger partial charge on any atom is 0.303 e. The topological polar surface area (TPSA) is 122 Å². The van der Waals surface area contributed by atoms with E-state index in [1.807, 2.05) is 0 Å². The zero-order valence-corrected chi connectivity index (χ0v) is 14.6. The van der Waals surface area contributed by atoms with Crippen molar-refractivity contribution in [3.63, 3.8) is 0 Å². The molecule has 0 unspecified atom stereocenters. The molecule has 24 heavy (non-hydrogen) atoms. The van der Waals surface area contributed by atoms with E-state index >= 15 is 0 Å². The number of hydrogen-bond acceptors (Lipinski definition) is 4. The fourth-order valence-electron chi connectivity index (χ4n) is 2.49. The van der Waals surface area contributed by atoms with Crippen LogP contribution in [0.4, 0.5) is 0 Å². The van der Waals surface area contributed by atoms with Gasteiger partial charge < -0.3 is 21.5 Å². The van der Waals surface area contributed by atoms with Gasteiger partial charge in [-0.25, -0.2) is 0 Å². The van der Waals surface area contributed by atoms with Gasteiger partial charge in [0.15, 0.2) is 0 Å². The minimum absolute atomic E-state index is 0.144. The van der Waals surface area contributed by atoms with Gasteiger partial charge in [-0.2, -0.15) is 0 Å². The van der Waals surface area contributed by atoms with Crippen molar-refractivity contribution < 1.29 is 19.5 Å². The second-order valence-corrected chi connectivity index (χ2v) is 6.03. The van der Waals surface area contributed by atoms with Gasteiger partial charge in [-0.3, -0.25) is 14.4 Å². The molecule has 1 atom stereocenters. The van der Waals surface area contributed by atoms with Crippen LogP contribution < -0.4 is 16.4 Å². The van der Waals surface area contributed by atoms with Gasteiger partial charge in [0.05, 0.1) is 0 Å². The van der Waals surface area contributed by atoms with E-state index in [2.05, 4.69) is 10.6 Å². The molecule has 0 bridgehead atoms. The summed E-state index contributed by atoms with van der Waals surface area (Å²) in [6.45, 7) is 1.12. The van der Waals surface area contributed by atoms with Gasteiger partial charge in [0.25, 0.3) is 0 Å². The number of amides is 2. The molecule has 0 saturated heterocycles. The van der Waals surface area contributed by atoms with Gasteiger partial charge >= 0.3 is 5.97 Å². The Bertz CT molecular complexity index is 351. The normalized spacial score (nSPS) is 11.7. The van der Waals surface area contributed by atoms with Crippen LogP contribution in [0.25, 0.3) is 0 Å². The Labute approximate surface area is 144 Å². The van der Waals surface area contributed by atoms with Crippen molar-refractivity contribution in [1.29, 1.82) is 0 Å². The molecule has 0 aliphatic carbocycles. The molecule has 0 aromatic carbocycles. The highest BCUT2D eigenvalue weighted by atomic mass is 16.4. The smallest absolute Gasteiger partial charge is 0.303 e. The number of hydrogen-bond donors (Lipinski definition) is 4. The van der Waals surface area contributed by atoms with Crippen LogP contribution in [-0.4, -0.2) is 42.5 Å². The van der Waals surface area contributed by atoms with Crippen molar-refractivity contribution in [2.24, 2.45) is 5.73 Å². The summed E-state index contributed by atoms with van der Waals surface area (Å²) in [5, 5.41) is 13.9. The third-order valence-electron chi connectivity index (χ3n) is 3.90. The van der Waals surface area contributed by atoms with Crippen LogP contribution in [0.3, 0.4) is 0 Å². The molecular formula is C17H33N3O4. The first-order chi connectivity index (χ1) is 11.6. The van der Waals surface area contributed by atoms with Crippen LogP contribution >= 0.6 is 0 Å². The predicted molar refractivity (Wildman–Crippen MR) is 93.5 cm³/mol. The average molecular weight is 343 g/mol. The second kappa shape index (κ2) is 16.2. The summed E-state index contributed by atoms with van der Waals surface area (Å²) >= 11 is 0. The fourth-order valence-corrected chi connectivity index (χ4v) is 2.49. The number of aliphatic carboxylic acids is 1. The number of carboxylic acids is 1. The molecule has 7 nitrogen and oxygen atoms in total. The molecule has 0 radical (unpaired) electrons. The number of nitrogens with one attached hydrogen (secondary N) is 2. The molecule has 140 valence electrons. The molecule has 5 N–H and O–H groups in total. The Hall–Kier alpha value is -1.63. The Morgan fingerprint density at radius 2 is 1.54 bits per heavy atom. The Morgan fingerprint density at radius 3 is 2.08 bits per heavy atom. The van der Waals surface area contributed by atoms with E-state index in [1.165, 1.54) is 0 Å². The molecule has 0 rings (SSSR count). The maximum atomic E-state index is 11.9. The van der Waals surface area contributed by atoms with Crippen LogP contribution in [-0.2, 0) is 14.4 Å². The van der Waals surface area contributed by atoms with E-state index in [9.17, 15) is 14.4 Å². The molecule has 2 amide bonds. The van der Waals surface area contributed by atoms with Gasteiger partial charge in [0.2, 0.25) is 12.3 Å². The molecule has 7 heteroatoms. The fraction of sp³-hybridized carbons (Fsp3) is 0.824. The lowest BCUT2D eigenvalue weighted by molar-refractivity contribution is -0.137. The molecule has 0 fully saturated rings. The van der Waals surface area contributed by atoms with Crippen molar-refractivity contribution in [1.82, 2.24) is 10.6 Å². The molecule has 0 aliphatic heterocycles. The van der Waals surface area contributed by atoms with Crippen molar-refractivity contribution in [2.45, 2.75) is 76.7 Å². The number of carbonyl (C=O) groups excluding carboxylic acids is 2. The van der Waals surface area contributed by atoms with E-state index in [-0.39, 0.29) is 12.3 Å². The van der Waals surface area contributed by atoms with Crippen LogP contribution in [0, 0.1) is 0 Å². The monoisotopic (exact) mass is 343 g/mol. The SMILES string of the molecule is NCCC[C@H](NC=O)C(=O)NCCCCCCCCCCC(=O)O. The van der Waals surface area contributed by atoms with Crippen LogP contribution in [0.15, 0.2) is 0 Å². The molecule has 0 aliphatic rings. The van der Waals surface area contributed by atoms with Crippen LogP contribution in [0.1, 0.15) is 70.6 Å². The summed E-state index contributed by atoms with van der Waals surface area (Å²) in [4.78, 5) is 32.8. The summed E-state index contributed by atoms with van der Waals surface area (Å²) in [7, 11) is 0. The zero-order valence-electron chi connectivity index (χ0n) is 14.6. The van der Waals surface area contributed by atoms with E-state index in [4.69, 9.17) is 10.8 Å². The molecule has 0 aromatic rings. The van der Waals surface area contributed by atoms with Crippen molar-refractivity contribution >= 4 is 18.3 Å². The quantitative estimate of drug-likeness (QED) is 0.236. The van der Waals surface area contributed by atoms with Crippen molar-refractivity contribution in [3.8, 4) is 0 Å². The lowest BCUT2D eigenvalue weighted by Crippen LogP contribution is -2.44. The Morgan fingerprint density at radius 1 is 0.958 bits per heavy atom. The van der Waals surface area contributed by atoms with Crippen molar-refractivity contribution in [3.05, 3.63) is 0 Å². The lowest BCUT2D eigenvalue weighted by atomic mass is 10.1. The van der Waals surface area contributed by atoms with E-state index in [0.717, 1.165) is 51.4 Å². The highest BCUT2D eigenvalue weighted by Crippen LogP contribution is 2.09. The minimum Gasteiger partial charge on any atom is -0.481 e. The minimum atomic E-state index is -0.717. The third-order valence-corrected chi connectivity index (χ3v) is 3.90. The lowest BCUT2D eigenvalue weighted by Gasteiger charge is -2.15. The second-order valence-electron chi connectivity index (χ2n) is 6.03. The van der Waals surface area contributed by atoms with Gasteiger partial charge in [-0.15, -0.1) is 0 Å². The summed E-state index contributed by atoms with van der Waals surface area (Å²) in [6.07, 6.45) is 10.3. The number of carboxylic acid groups (broad SMARTS) is 1. The van der Waals surface area contributed by atoms with Crippen molar-refractivity contribution in [2.75, 3.05) is 13.1 Å². The first kappa shape index (κ1) is 22.4. The molecule has 0 saturated carbocycles. The van der Waals surface area contributed by atoms with Gasteiger partial charge in [-0.1, -0.05) is 38.5 Å². The first-order valence-corrected chi connectivity index (χ1v) is 9.01. The zero-order chi connectivity index (χ0) is 18.0. The Balaban J connectivity index is 3.48. The van der Waals surface area contributed by atoms with Crippen LogP contribution in [0.2, 0.25) is 0 Å². The predicted octanol–water partition coefficient (Wildman–Crippen LogP) is 1.55. The van der Waals surface area contributed by atoms with E-state index in [0.29, 0.717) is 32.3 Å². The van der Waals surface area contributed by atoms with Gasteiger partial charge in [-0.05, 0) is 32.2 Å². The summed E-state index contributed by atoms with van der Waals surface area (Å²) < 4.78 is 0. The molecule has 0 aromatic heterocycles. The molecule has 0 heterocycles. The standard InChI is InChI=1S/C17H33N3O4/c18-12-9-10-15(20-14-21)17(24)19-13-8-6-4-2-1-3-5-7-11-16(22)23/h14-15H,1-13,18H2,(H,19,24)(H,20,21)(H,22,23)/t15-/m0/s1. The number of rotatable bonds is 17. The summed E-state index contributed by atoms with van der Waals surface area (Å²) in [5.41, 5.74) is 5.42. The molecule has 0 spiro atoms. The largest absolute Gasteiger partial charge is 0.481 e.